The van der Waals surface area contributed by atoms with Gasteiger partial charge in [0.1, 0.15) is 0 Å². The molecule has 1 saturated heterocycles. The van der Waals surface area contributed by atoms with Gasteiger partial charge in [0.2, 0.25) is 17.1 Å². The Bertz CT molecular complexity index is 453. The first-order chi connectivity index (χ1) is 9.19. The highest BCUT2D eigenvalue weighted by atomic mass is 35.5. The molecule has 1 aromatic rings. The molecule has 0 unspecified atom stereocenters. The number of carbonyl (C=O) groups excluding carboxylic acids is 1. The van der Waals surface area contributed by atoms with Crippen LogP contribution < -0.4 is 10.2 Å². The van der Waals surface area contributed by atoms with E-state index in [2.05, 4.69) is 25.2 Å². The van der Waals surface area contributed by atoms with Gasteiger partial charge in [-0.1, -0.05) is 11.8 Å². The lowest BCUT2D eigenvalue weighted by molar-refractivity contribution is -0.118. The van der Waals surface area contributed by atoms with E-state index in [0.717, 1.165) is 25.9 Å². The van der Waals surface area contributed by atoms with Gasteiger partial charge >= 0.3 is 0 Å². The topological polar surface area (TPSA) is 71.0 Å². The molecule has 6 nitrogen and oxygen atoms in total. The van der Waals surface area contributed by atoms with E-state index < -0.39 is 0 Å². The second-order valence-corrected chi connectivity index (χ2v) is 5.40. The third kappa shape index (κ3) is 4.21. The summed E-state index contributed by atoms with van der Waals surface area (Å²) in [6.45, 7) is 4.39. The largest absolute Gasteiger partial charge is 0.356 e. The van der Waals surface area contributed by atoms with Crippen LogP contribution in [0, 0.1) is 0 Å². The summed E-state index contributed by atoms with van der Waals surface area (Å²) in [4.78, 5) is 26.0. The molecule has 0 bridgehead atoms. The summed E-state index contributed by atoms with van der Waals surface area (Å²) < 4.78 is 0. The Labute approximate surface area is 121 Å². The Hall–Kier alpha value is -1.08. The Morgan fingerprint density at radius 2 is 2.11 bits per heavy atom. The molecule has 1 N–H and O–H groups in total. The zero-order valence-corrected chi connectivity index (χ0v) is 12.3. The molecule has 0 spiro atoms. The van der Waals surface area contributed by atoms with Crippen molar-refractivity contribution in [3.8, 4) is 0 Å². The number of aromatic nitrogens is 3. The van der Waals surface area contributed by atoms with Crippen LogP contribution in [-0.4, -0.2) is 46.2 Å². The van der Waals surface area contributed by atoms with E-state index in [1.165, 1.54) is 11.8 Å². The van der Waals surface area contributed by atoms with Crippen LogP contribution >= 0.6 is 23.4 Å². The Morgan fingerprint density at radius 3 is 2.79 bits per heavy atom. The number of amides is 1. The first kappa shape index (κ1) is 14.3. The van der Waals surface area contributed by atoms with Crippen molar-refractivity contribution < 1.29 is 4.79 Å². The summed E-state index contributed by atoms with van der Waals surface area (Å²) in [7, 11) is 0. The van der Waals surface area contributed by atoms with Crippen LogP contribution in [-0.2, 0) is 4.79 Å². The number of hydrogen-bond acceptors (Lipinski definition) is 6. The number of hydrogen-bond donors (Lipinski definition) is 1. The van der Waals surface area contributed by atoms with Gasteiger partial charge < -0.3 is 10.2 Å². The SMILES string of the molecule is CCNC(=O)CSc1nc(Cl)nc(N2CCCC2)n1. The van der Waals surface area contributed by atoms with Gasteiger partial charge in [0, 0.05) is 19.6 Å². The molecule has 2 heterocycles. The van der Waals surface area contributed by atoms with Gasteiger partial charge in [-0.15, -0.1) is 0 Å². The van der Waals surface area contributed by atoms with Crippen LogP contribution in [0.15, 0.2) is 5.16 Å². The van der Waals surface area contributed by atoms with Gasteiger partial charge in [-0.3, -0.25) is 4.79 Å². The molecule has 1 fully saturated rings. The van der Waals surface area contributed by atoms with Gasteiger partial charge in [-0.05, 0) is 31.4 Å². The number of thioether (sulfide) groups is 1. The van der Waals surface area contributed by atoms with E-state index in [1.807, 2.05) is 6.92 Å². The Morgan fingerprint density at radius 1 is 1.37 bits per heavy atom. The average Bonchev–Trinajstić information content (AvgIpc) is 2.90. The van der Waals surface area contributed by atoms with E-state index in [1.54, 1.807) is 0 Å². The molecule has 0 atom stereocenters. The molecule has 1 aromatic heterocycles. The van der Waals surface area contributed by atoms with Gasteiger partial charge in [0.15, 0.2) is 5.16 Å². The van der Waals surface area contributed by atoms with Crippen LogP contribution in [0.5, 0.6) is 0 Å². The first-order valence-electron chi connectivity index (χ1n) is 6.25. The highest BCUT2D eigenvalue weighted by Crippen LogP contribution is 2.21. The van der Waals surface area contributed by atoms with Crippen molar-refractivity contribution in [2.24, 2.45) is 0 Å². The minimum absolute atomic E-state index is 0.0354. The summed E-state index contributed by atoms with van der Waals surface area (Å²) in [6.07, 6.45) is 2.29. The number of nitrogens with zero attached hydrogens (tertiary/aromatic N) is 4. The van der Waals surface area contributed by atoms with E-state index in [-0.39, 0.29) is 16.9 Å². The number of rotatable bonds is 5. The molecule has 2 rings (SSSR count). The summed E-state index contributed by atoms with van der Waals surface area (Å²) >= 11 is 7.17. The van der Waals surface area contributed by atoms with Crippen LogP contribution in [0.1, 0.15) is 19.8 Å². The zero-order chi connectivity index (χ0) is 13.7. The predicted molar refractivity (Wildman–Crippen MR) is 75.7 cm³/mol. The number of halogens is 1. The quantitative estimate of drug-likeness (QED) is 0.828. The van der Waals surface area contributed by atoms with Crippen molar-refractivity contribution in [1.82, 2.24) is 20.3 Å². The highest BCUT2D eigenvalue weighted by molar-refractivity contribution is 7.99. The third-order valence-electron chi connectivity index (χ3n) is 2.67. The van der Waals surface area contributed by atoms with Crippen molar-refractivity contribution >= 4 is 35.2 Å². The molecular weight excluding hydrogens is 286 g/mol. The number of carbonyl (C=O) groups is 1. The number of anilines is 1. The average molecular weight is 302 g/mol. The molecule has 1 aliphatic rings. The van der Waals surface area contributed by atoms with Gasteiger partial charge in [0.25, 0.3) is 0 Å². The van der Waals surface area contributed by atoms with Crippen molar-refractivity contribution in [2.75, 3.05) is 30.3 Å². The van der Waals surface area contributed by atoms with E-state index >= 15 is 0 Å². The molecule has 0 aliphatic carbocycles. The fraction of sp³-hybridized carbons (Fsp3) is 0.636. The smallest absolute Gasteiger partial charge is 0.230 e. The maximum absolute atomic E-state index is 11.4. The van der Waals surface area contributed by atoms with Crippen LogP contribution in [0.4, 0.5) is 5.95 Å². The second kappa shape index (κ2) is 6.91. The fourth-order valence-electron chi connectivity index (χ4n) is 1.82. The molecule has 1 amide bonds. The molecule has 0 aromatic carbocycles. The Balaban J connectivity index is 2.02. The maximum atomic E-state index is 11.4. The molecule has 104 valence electrons. The Kier molecular flexibility index (Phi) is 5.21. The lowest BCUT2D eigenvalue weighted by atomic mass is 10.4. The third-order valence-corrected chi connectivity index (χ3v) is 3.69. The van der Waals surface area contributed by atoms with Crippen molar-refractivity contribution in [3.05, 3.63) is 5.28 Å². The monoisotopic (exact) mass is 301 g/mol. The summed E-state index contributed by atoms with van der Waals surface area (Å²) in [5.74, 6) is 0.857. The van der Waals surface area contributed by atoms with Crippen LogP contribution in [0.3, 0.4) is 0 Å². The lowest BCUT2D eigenvalue weighted by Gasteiger charge is -2.15. The van der Waals surface area contributed by atoms with E-state index in [0.29, 0.717) is 17.6 Å². The second-order valence-electron chi connectivity index (χ2n) is 4.12. The minimum atomic E-state index is -0.0354. The van der Waals surface area contributed by atoms with Crippen LogP contribution in [0.25, 0.3) is 0 Å². The van der Waals surface area contributed by atoms with Gasteiger partial charge in [-0.2, -0.15) is 15.0 Å². The zero-order valence-electron chi connectivity index (χ0n) is 10.7. The van der Waals surface area contributed by atoms with Gasteiger partial charge in [-0.25, -0.2) is 0 Å². The van der Waals surface area contributed by atoms with Crippen molar-refractivity contribution in [2.45, 2.75) is 24.9 Å². The normalized spacial score (nSPS) is 14.7. The maximum Gasteiger partial charge on any atom is 0.230 e. The summed E-state index contributed by atoms with van der Waals surface area (Å²) in [5.41, 5.74) is 0. The fourth-order valence-corrected chi connectivity index (χ4v) is 2.69. The van der Waals surface area contributed by atoms with E-state index in [4.69, 9.17) is 11.6 Å². The number of nitrogens with one attached hydrogen (secondary N) is 1. The molecule has 0 saturated carbocycles. The molecular formula is C11H16ClN5OS. The molecule has 1 aliphatic heterocycles. The molecule has 19 heavy (non-hydrogen) atoms. The minimum Gasteiger partial charge on any atom is -0.356 e. The highest BCUT2D eigenvalue weighted by Gasteiger charge is 2.17. The molecule has 0 radical (unpaired) electrons. The summed E-state index contributed by atoms with van der Waals surface area (Å²) in [6, 6.07) is 0. The van der Waals surface area contributed by atoms with Crippen molar-refractivity contribution in [3.63, 3.8) is 0 Å². The molecule has 8 heteroatoms. The first-order valence-corrected chi connectivity index (χ1v) is 7.61. The lowest BCUT2D eigenvalue weighted by Crippen LogP contribution is -2.24. The van der Waals surface area contributed by atoms with Crippen LogP contribution in [0.2, 0.25) is 5.28 Å². The van der Waals surface area contributed by atoms with E-state index in [9.17, 15) is 4.79 Å². The standard InChI is InChI=1S/C11H16ClN5OS/c1-2-13-8(18)7-19-11-15-9(12)14-10(16-11)17-5-3-4-6-17/h2-7H2,1H3,(H,13,18). The predicted octanol–water partition coefficient (Wildman–Crippen LogP) is 1.35. The van der Waals surface area contributed by atoms with Crippen molar-refractivity contribution in [1.29, 1.82) is 0 Å². The van der Waals surface area contributed by atoms with Gasteiger partial charge in [0.05, 0.1) is 5.75 Å². The summed E-state index contributed by atoms with van der Waals surface area (Å²) in [5, 5.41) is 3.40.